The molecule has 0 fully saturated rings. The highest BCUT2D eigenvalue weighted by atomic mass is 16.4. The molecule has 0 aliphatic heterocycles. The van der Waals surface area contributed by atoms with E-state index in [1.165, 1.54) is 5.56 Å². The molecule has 0 saturated carbocycles. The van der Waals surface area contributed by atoms with Crippen LogP contribution >= 0.6 is 0 Å². The molecule has 0 aliphatic rings. The average Bonchev–Trinajstić information content (AvgIpc) is 3.09. The molecule has 2 aromatic carbocycles. The van der Waals surface area contributed by atoms with Crippen LogP contribution in [0.15, 0.2) is 64.0 Å². The quantitative estimate of drug-likeness (QED) is 0.647. The molecule has 0 radical (unpaired) electrons. The first-order valence-electron chi connectivity index (χ1n) is 8.14. The van der Waals surface area contributed by atoms with Crippen molar-refractivity contribution in [3.8, 4) is 11.3 Å². The predicted octanol–water partition coefficient (Wildman–Crippen LogP) is 5.27. The number of furan rings is 1. The molecule has 126 valence electrons. The fourth-order valence-electron chi connectivity index (χ4n) is 2.60. The van der Waals surface area contributed by atoms with E-state index in [-0.39, 0.29) is 5.56 Å². The topological polar surface area (TPSA) is 62.8 Å². The smallest absolute Gasteiger partial charge is 0.335 e. The zero-order chi connectivity index (χ0) is 17.8. The number of carboxylic acids is 1. The van der Waals surface area contributed by atoms with Crippen molar-refractivity contribution in [1.29, 1.82) is 0 Å². The van der Waals surface area contributed by atoms with Gasteiger partial charge in [-0.1, -0.05) is 25.1 Å². The molecule has 4 heteroatoms. The Bertz CT molecular complexity index is 921. The van der Waals surface area contributed by atoms with Crippen LogP contribution in [0, 0.1) is 6.92 Å². The highest BCUT2D eigenvalue weighted by Gasteiger charge is 2.10. The van der Waals surface area contributed by atoms with E-state index in [1.54, 1.807) is 24.4 Å². The third kappa shape index (κ3) is 3.86. The summed E-state index contributed by atoms with van der Waals surface area (Å²) in [5.41, 5.74) is 4.15. The number of aliphatic imine (C=N–C) groups is 1. The Morgan fingerprint density at radius 3 is 2.52 bits per heavy atom. The summed E-state index contributed by atoms with van der Waals surface area (Å²) >= 11 is 0. The highest BCUT2D eigenvalue weighted by molar-refractivity contribution is 5.89. The lowest BCUT2D eigenvalue weighted by Crippen LogP contribution is -1.96. The molecule has 4 nitrogen and oxygen atoms in total. The summed E-state index contributed by atoms with van der Waals surface area (Å²) in [6, 6.07) is 16.8. The van der Waals surface area contributed by atoms with Gasteiger partial charge in [0.25, 0.3) is 0 Å². The van der Waals surface area contributed by atoms with Gasteiger partial charge in [0, 0.05) is 5.56 Å². The van der Waals surface area contributed by atoms with Gasteiger partial charge in [0.2, 0.25) is 0 Å². The molecule has 0 bridgehead atoms. The van der Waals surface area contributed by atoms with Crippen LogP contribution in [-0.2, 0) is 6.42 Å². The van der Waals surface area contributed by atoms with E-state index in [4.69, 9.17) is 9.52 Å². The van der Waals surface area contributed by atoms with Gasteiger partial charge in [-0.2, -0.15) is 0 Å². The molecule has 0 saturated heterocycles. The Morgan fingerprint density at radius 2 is 1.88 bits per heavy atom. The number of carboxylic acid groups (broad SMARTS) is 1. The average molecular weight is 333 g/mol. The molecule has 3 aromatic rings. The minimum Gasteiger partial charge on any atom is -0.478 e. The predicted molar refractivity (Wildman–Crippen MR) is 98.9 cm³/mol. The van der Waals surface area contributed by atoms with E-state index in [2.05, 4.69) is 24.0 Å². The minimum absolute atomic E-state index is 0.269. The van der Waals surface area contributed by atoms with Crippen LogP contribution in [0.25, 0.3) is 11.3 Å². The Kier molecular flexibility index (Phi) is 4.80. The lowest BCUT2D eigenvalue weighted by Gasteiger charge is -2.03. The largest absolute Gasteiger partial charge is 0.478 e. The second kappa shape index (κ2) is 7.18. The van der Waals surface area contributed by atoms with Crippen molar-refractivity contribution in [3.05, 3.63) is 77.0 Å². The first kappa shape index (κ1) is 16.7. The monoisotopic (exact) mass is 333 g/mol. The molecule has 1 N–H and O–H groups in total. The lowest BCUT2D eigenvalue weighted by atomic mass is 10.0. The van der Waals surface area contributed by atoms with Crippen molar-refractivity contribution in [1.82, 2.24) is 0 Å². The summed E-state index contributed by atoms with van der Waals surface area (Å²) in [5.74, 6) is 0.407. The zero-order valence-corrected chi connectivity index (χ0v) is 14.2. The van der Waals surface area contributed by atoms with Gasteiger partial charge in [-0.05, 0) is 60.9 Å². The van der Waals surface area contributed by atoms with E-state index < -0.39 is 5.97 Å². The SMILES string of the molecule is CCc1ccc(N=Cc2ccc(-c3ccc(C(=O)O)cc3C)o2)cc1. The Labute approximate surface area is 146 Å². The third-order valence-electron chi connectivity index (χ3n) is 4.05. The van der Waals surface area contributed by atoms with Crippen LogP contribution in [0.2, 0.25) is 0 Å². The van der Waals surface area contributed by atoms with Gasteiger partial charge in [-0.3, -0.25) is 4.99 Å². The standard InChI is InChI=1S/C21H19NO3/c1-3-15-4-7-17(8-5-15)22-13-18-9-11-20(25-18)19-10-6-16(21(23)24)12-14(19)2/h4-13H,3H2,1-2H3,(H,23,24). The van der Waals surface area contributed by atoms with Crippen LogP contribution in [0.5, 0.6) is 0 Å². The van der Waals surface area contributed by atoms with Crippen molar-refractivity contribution in [2.45, 2.75) is 20.3 Å². The molecular weight excluding hydrogens is 314 g/mol. The molecule has 3 rings (SSSR count). The number of carbonyl (C=O) groups is 1. The van der Waals surface area contributed by atoms with Crippen LogP contribution in [0.1, 0.15) is 34.2 Å². The van der Waals surface area contributed by atoms with Gasteiger partial charge in [-0.25, -0.2) is 4.79 Å². The van der Waals surface area contributed by atoms with Gasteiger partial charge in [0.1, 0.15) is 11.5 Å². The number of nitrogens with zero attached hydrogens (tertiary/aromatic N) is 1. The highest BCUT2D eigenvalue weighted by Crippen LogP contribution is 2.26. The molecule has 0 amide bonds. The first-order chi connectivity index (χ1) is 12.1. The molecule has 1 aromatic heterocycles. The van der Waals surface area contributed by atoms with Crippen molar-refractivity contribution in [3.63, 3.8) is 0 Å². The number of aryl methyl sites for hydroxylation is 2. The maximum atomic E-state index is 11.0. The third-order valence-corrected chi connectivity index (χ3v) is 4.05. The summed E-state index contributed by atoms with van der Waals surface area (Å²) in [6.07, 6.45) is 2.69. The van der Waals surface area contributed by atoms with Crippen LogP contribution < -0.4 is 0 Å². The fourth-order valence-corrected chi connectivity index (χ4v) is 2.60. The minimum atomic E-state index is -0.934. The van der Waals surface area contributed by atoms with Gasteiger partial charge >= 0.3 is 5.97 Å². The summed E-state index contributed by atoms with van der Waals surface area (Å²) in [6.45, 7) is 3.99. The Morgan fingerprint density at radius 1 is 1.12 bits per heavy atom. The summed E-state index contributed by atoms with van der Waals surface area (Å²) in [5, 5.41) is 9.05. The van der Waals surface area contributed by atoms with E-state index in [0.29, 0.717) is 11.5 Å². The molecule has 0 spiro atoms. The van der Waals surface area contributed by atoms with Crippen LogP contribution in [0.4, 0.5) is 5.69 Å². The van der Waals surface area contributed by atoms with Crippen molar-refractivity contribution in [2.75, 3.05) is 0 Å². The molecule has 0 atom stereocenters. The number of rotatable bonds is 5. The molecule has 25 heavy (non-hydrogen) atoms. The first-order valence-corrected chi connectivity index (χ1v) is 8.14. The Balaban J connectivity index is 1.80. The van der Waals surface area contributed by atoms with Crippen LogP contribution in [0.3, 0.4) is 0 Å². The number of hydrogen-bond donors (Lipinski definition) is 1. The number of aromatic carboxylic acids is 1. The van der Waals surface area contributed by atoms with Crippen LogP contribution in [-0.4, -0.2) is 17.3 Å². The van der Waals surface area contributed by atoms with Crippen molar-refractivity contribution < 1.29 is 14.3 Å². The fraction of sp³-hybridized carbons (Fsp3) is 0.143. The maximum Gasteiger partial charge on any atom is 0.335 e. The summed E-state index contributed by atoms with van der Waals surface area (Å²) in [7, 11) is 0. The zero-order valence-electron chi connectivity index (χ0n) is 14.2. The number of hydrogen-bond acceptors (Lipinski definition) is 3. The molecule has 1 heterocycles. The molecular formula is C21H19NO3. The second-order valence-corrected chi connectivity index (χ2v) is 5.82. The normalized spacial score (nSPS) is 11.1. The Hall–Kier alpha value is -3.14. The molecule has 0 aliphatic carbocycles. The number of benzene rings is 2. The van der Waals surface area contributed by atoms with Crippen molar-refractivity contribution >= 4 is 17.9 Å². The van der Waals surface area contributed by atoms with E-state index in [0.717, 1.165) is 23.2 Å². The maximum absolute atomic E-state index is 11.0. The second-order valence-electron chi connectivity index (χ2n) is 5.82. The van der Waals surface area contributed by atoms with E-state index in [1.807, 2.05) is 31.2 Å². The summed E-state index contributed by atoms with van der Waals surface area (Å²) < 4.78 is 5.82. The molecule has 0 unspecified atom stereocenters. The van der Waals surface area contributed by atoms with Gasteiger partial charge < -0.3 is 9.52 Å². The van der Waals surface area contributed by atoms with Gasteiger partial charge in [0.15, 0.2) is 0 Å². The van der Waals surface area contributed by atoms with E-state index >= 15 is 0 Å². The van der Waals surface area contributed by atoms with Crippen molar-refractivity contribution in [2.24, 2.45) is 4.99 Å². The summed E-state index contributed by atoms with van der Waals surface area (Å²) in [4.78, 5) is 15.4. The lowest BCUT2D eigenvalue weighted by molar-refractivity contribution is 0.0697. The van der Waals surface area contributed by atoms with Gasteiger partial charge in [-0.15, -0.1) is 0 Å². The van der Waals surface area contributed by atoms with E-state index in [9.17, 15) is 4.79 Å². The van der Waals surface area contributed by atoms with Gasteiger partial charge in [0.05, 0.1) is 17.5 Å².